The van der Waals surface area contributed by atoms with Crippen LogP contribution in [0.5, 0.6) is 0 Å². The molecule has 2 N–H and O–H groups in total. The highest BCUT2D eigenvalue weighted by atomic mass is 19.4. The van der Waals surface area contributed by atoms with E-state index in [0.29, 0.717) is 12.0 Å². The Morgan fingerprint density at radius 2 is 2.17 bits per heavy atom. The van der Waals surface area contributed by atoms with E-state index in [4.69, 9.17) is 0 Å². The first-order chi connectivity index (χ1) is 8.47. The van der Waals surface area contributed by atoms with Gasteiger partial charge in [-0.1, -0.05) is 6.07 Å². The van der Waals surface area contributed by atoms with E-state index in [-0.39, 0.29) is 0 Å². The van der Waals surface area contributed by atoms with Crippen molar-refractivity contribution in [1.82, 2.24) is 5.32 Å². The third kappa shape index (κ3) is 2.94. The van der Waals surface area contributed by atoms with Crippen LogP contribution in [0.2, 0.25) is 0 Å². The Morgan fingerprint density at radius 1 is 1.39 bits per heavy atom. The molecule has 0 unspecified atom stereocenters. The SMILES string of the molecule is O=C(NCC(F)(F)F)c1cccc2c1CCCN2. The molecule has 1 aromatic carbocycles. The quantitative estimate of drug-likeness (QED) is 0.854. The molecule has 0 bridgehead atoms. The van der Waals surface area contributed by atoms with Crippen LogP contribution in [0.4, 0.5) is 18.9 Å². The molecule has 0 saturated carbocycles. The number of alkyl halides is 3. The summed E-state index contributed by atoms with van der Waals surface area (Å²) < 4.78 is 36.1. The van der Waals surface area contributed by atoms with Gasteiger partial charge in [0.15, 0.2) is 0 Å². The van der Waals surface area contributed by atoms with Crippen molar-refractivity contribution in [3.8, 4) is 0 Å². The van der Waals surface area contributed by atoms with Gasteiger partial charge in [0.1, 0.15) is 6.54 Å². The molecule has 0 radical (unpaired) electrons. The zero-order valence-electron chi connectivity index (χ0n) is 9.60. The molecule has 98 valence electrons. The number of carbonyl (C=O) groups is 1. The third-order valence-electron chi connectivity index (χ3n) is 2.79. The van der Waals surface area contributed by atoms with Gasteiger partial charge in [-0.05, 0) is 30.5 Å². The lowest BCUT2D eigenvalue weighted by atomic mass is 9.97. The maximum absolute atomic E-state index is 12.0. The maximum atomic E-state index is 12.0. The fourth-order valence-electron chi connectivity index (χ4n) is 2.00. The largest absolute Gasteiger partial charge is 0.405 e. The number of carbonyl (C=O) groups excluding carboxylic acids is 1. The fourth-order valence-corrected chi connectivity index (χ4v) is 2.00. The van der Waals surface area contributed by atoms with Crippen LogP contribution in [0.15, 0.2) is 18.2 Å². The van der Waals surface area contributed by atoms with E-state index in [9.17, 15) is 18.0 Å². The lowest BCUT2D eigenvalue weighted by molar-refractivity contribution is -0.123. The molecule has 6 heteroatoms. The van der Waals surface area contributed by atoms with Gasteiger partial charge in [-0.25, -0.2) is 0 Å². The maximum Gasteiger partial charge on any atom is 0.405 e. The highest BCUT2D eigenvalue weighted by molar-refractivity contribution is 5.97. The van der Waals surface area contributed by atoms with Crippen molar-refractivity contribution in [2.24, 2.45) is 0 Å². The number of nitrogens with one attached hydrogen (secondary N) is 2. The van der Waals surface area contributed by atoms with Crippen molar-refractivity contribution in [3.05, 3.63) is 29.3 Å². The molecule has 1 heterocycles. The van der Waals surface area contributed by atoms with Crippen LogP contribution in [-0.2, 0) is 6.42 Å². The standard InChI is InChI=1S/C12H13F3N2O/c13-12(14,15)7-17-11(18)9-3-1-5-10-8(9)4-2-6-16-10/h1,3,5,16H,2,4,6-7H2,(H,17,18). The van der Waals surface area contributed by atoms with Crippen molar-refractivity contribution >= 4 is 11.6 Å². The topological polar surface area (TPSA) is 41.1 Å². The number of fused-ring (bicyclic) bond motifs is 1. The predicted molar refractivity (Wildman–Crippen MR) is 61.6 cm³/mol. The van der Waals surface area contributed by atoms with Crippen molar-refractivity contribution in [3.63, 3.8) is 0 Å². The number of hydrogen-bond acceptors (Lipinski definition) is 2. The number of anilines is 1. The second-order valence-corrected chi connectivity index (χ2v) is 4.16. The summed E-state index contributed by atoms with van der Waals surface area (Å²) in [6.07, 6.45) is -2.81. The minimum Gasteiger partial charge on any atom is -0.385 e. The molecule has 2 rings (SSSR count). The number of rotatable bonds is 2. The molecule has 3 nitrogen and oxygen atoms in total. The first-order valence-corrected chi connectivity index (χ1v) is 5.68. The van der Waals surface area contributed by atoms with Crippen molar-refractivity contribution in [1.29, 1.82) is 0 Å². The van der Waals surface area contributed by atoms with E-state index in [1.54, 1.807) is 12.1 Å². The summed E-state index contributed by atoms with van der Waals surface area (Å²) >= 11 is 0. The van der Waals surface area contributed by atoms with Crippen LogP contribution < -0.4 is 10.6 Å². The van der Waals surface area contributed by atoms with Crippen LogP contribution >= 0.6 is 0 Å². The Labute approximate surface area is 102 Å². The summed E-state index contributed by atoms with van der Waals surface area (Å²) in [6, 6.07) is 5.05. The fraction of sp³-hybridized carbons (Fsp3) is 0.417. The van der Waals surface area contributed by atoms with Gasteiger partial charge in [0.2, 0.25) is 0 Å². The van der Waals surface area contributed by atoms with Gasteiger partial charge in [0.25, 0.3) is 5.91 Å². The van der Waals surface area contributed by atoms with Gasteiger partial charge in [-0.2, -0.15) is 13.2 Å². The molecule has 0 aliphatic carbocycles. The Bertz CT molecular complexity index is 457. The lowest BCUT2D eigenvalue weighted by Crippen LogP contribution is -2.34. The summed E-state index contributed by atoms with van der Waals surface area (Å²) in [5, 5.41) is 5.03. The second-order valence-electron chi connectivity index (χ2n) is 4.16. The van der Waals surface area contributed by atoms with E-state index in [1.807, 2.05) is 11.4 Å². The molecule has 0 saturated heterocycles. The average molecular weight is 258 g/mol. The van der Waals surface area contributed by atoms with Gasteiger partial charge in [0.05, 0.1) is 0 Å². The normalized spacial score (nSPS) is 14.6. The van der Waals surface area contributed by atoms with Gasteiger partial charge < -0.3 is 10.6 Å². The molecule has 0 atom stereocenters. The molecule has 1 aromatic rings. The summed E-state index contributed by atoms with van der Waals surface area (Å²) in [4.78, 5) is 11.7. The van der Waals surface area contributed by atoms with Crippen molar-refractivity contribution in [2.45, 2.75) is 19.0 Å². The summed E-state index contributed by atoms with van der Waals surface area (Å²) in [7, 11) is 0. The zero-order chi connectivity index (χ0) is 13.2. The van der Waals surface area contributed by atoms with Crippen LogP contribution in [0, 0.1) is 0 Å². The van der Waals surface area contributed by atoms with Crippen LogP contribution in [0.25, 0.3) is 0 Å². The van der Waals surface area contributed by atoms with E-state index in [1.165, 1.54) is 0 Å². The summed E-state index contributed by atoms with van der Waals surface area (Å²) in [6.45, 7) is -0.483. The molecule has 1 amide bonds. The summed E-state index contributed by atoms with van der Waals surface area (Å²) in [5.74, 6) is -0.673. The van der Waals surface area contributed by atoms with Crippen LogP contribution in [0.1, 0.15) is 22.3 Å². The molecule has 18 heavy (non-hydrogen) atoms. The van der Waals surface area contributed by atoms with Gasteiger partial charge >= 0.3 is 6.18 Å². The van der Waals surface area contributed by atoms with Gasteiger partial charge in [-0.15, -0.1) is 0 Å². The molecule has 1 aliphatic heterocycles. The molecular weight excluding hydrogens is 245 g/mol. The van der Waals surface area contributed by atoms with E-state index < -0.39 is 18.6 Å². The molecule has 0 aromatic heterocycles. The molecule has 0 fully saturated rings. The number of hydrogen-bond donors (Lipinski definition) is 2. The first-order valence-electron chi connectivity index (χ1n) is 5.68. The van der Waals surface area contributed by atoms with Crippen molar-refractivity contribution < 1.29 is 18.0 Å². The zero-order valence-corrected chi connectivity index (χ0v) is 9.60. The monoisotopic (exact) mass is 258 g/mol. The van der Waals surface area contributed by atoms with Gasteiger partial charge in [-0.3, -0.25) is 4.79 Å². The lowest BCUT2D eigenvalue weighted by Gasteiger charge is -2.20. The van der Waals surface area contributed by atoms with Gasteiger partial charge in [0, 0.05) is 17.8 Å². The molecular formula is C12H13F3N2O. The number of amides is 1. The highest BCUT2D eigenvalue weighted by Gasteiger charge is 2.28. The minimum absolute atomic E-state index is 0.323. The van der Waals surface area contributed by atoms with Crippen LogP contribution in [0.3, 0.4) is 0 Å². The Kier molecular flexibility index (Phi) is 3.45. The van der Waals surface area contributed by atoms with Crippen LogP contribution in [-0.4, -0.2) is 25.2 Å². The first kappa shape index (κ1) is 12.7. The number of benzene rings is 1. The smallest absolute Gasteiger partial charge is 0.385 e. The Hall–Kier alpha value is -1.72. The molecule has 1 aliphatic rings. The third-order valence-corrected chi connectivity index (χ3v) is 2.79. The van der Waals surface area contributed by atoms with E-state index in [2.05, 4.69) is 5.32 Å². The number of halogens is 3. The minimum atomic E-state index is -4.39. The van der Waals surface area contributed by atoms with Crippen molar-refractivity contribution in [2.75, 3.05) is 18.4 Å². The average Bonchev–Trinajstić information content (AvgIpc) is 2.34. The van der Waals surface area contributed by atoms with E-state index >= 15 is 0 Å². The molecule has 0 spiro atoms. The summed E-state index contributed by atoms with van der Waals surface area (Å²) in [5.41, 5.74) is 1.95. The van der Waals surface area contributed by atoms with E-state index in [0.717, 1.165) is 24.2 Å². The second kappa shape index (κ2) is 4.88. The Morgan fingerprint density at radius 3 is 2.89 bits per heavy atom. The Balaban J connectivity index is 2.15. The predicted octanol–water partition coefficient (Wildman–Crippen LogP) is 2.34. The highest BCUT2D eigenvalue weighted by Crippen LogP contribution is 2.25.